The largest absolute Gasteiger partial charge is 0.469 e. The first-order chi connectivity index (χ1) is 10.2. The summed E-state index contributed by atoms with van der Waals surface area (Å²) in [6, 6.07) is -0.336. The predicted octanol–water partition coefficient (Wildman–Crippen LogP) is 1.64. The molecule has 7 nitrogen and oxygen atoms in total. The molecule has 1 fully saturated rings. The van der Waals surface area contributed by atoms with E-state index in [0.717, 1.165) is 0 Å². The van der Waals surface area contributed by atoms with Gasteiger partial charge in [0.25, 0.3) is 0 Å². The third kappa shape index (κ3) is 5.54. The maximum absolute atomic E-state index is 11.9. The fraction of sp³-hybridized carbons (Fsp3) is 0.800. The highest BCUT2D eigenvalue weighted by Crippen LogP contribution is 2.31. The first-order valence-corrected chi connectivity index (χ1v) is 7.31. The van der Waals surface area contributed by atoms with Crippen LogP contribution in [0.5, 0.6) is 0 Å². The van der Waals surface area contributed by atoms with Crippen molar-refractivity contribution in [3.63, 3.8) is 0 Å². The Bertz CT molecular complexity index is 404. The van der Waals surface area contributed by atoms with Crippen LogP contribution in [0.2, 0.25) is 0 Å². The van der Waals surface area contributed by atoms with E-state index in [9.17, 15) is 14.4 Å². The summed E-state index contributed by atoms with van der Waals surface area (Å²) >= 11 is 0. The van der Waals surface area contributed by atoms with Crippen LogP contribution < -0.4 is 5.32 Å². The second-order valence-electron chi connectivity index (χ2n) is 6.49. The smallest absolute Gasteiger partial charge is 0.407 e. The van der Waals surface area contributed by atoms with Gasteiger partial charge in [-0.15, -0.1) is 0 Å². The molecule has 0 heterocycles. The molecular weight excluding hydrogens is 290 g/mol. The minimum absolute atomic E-state index is 0.336. The number of methoxy groups -OCH3 is 2. The van der Waals surface area contributed by atoms with E-state index in [4.69, 9.17) is 14.2 Å². The normalized spacial score (nSPS) is 25.0. The molecule has 126 valence electrons. The monoisotopic (exact) mass is 315 g/mol. The topological polar surface area (TPSA) is 90.9 Å². The molecule has 1 rings (SSSR count). The summed E-state index contributed by atoms with van der Waals surface area (Å²) in [5.74, 6) is -1.65. The van der Waals surface area contributed by atoms with Crippen LogP contribution in [-0.2, 0) is 23.8 Å². The molecule has 1 amide bonds. The maximum atomic E-state index is 11.9. The number of alkyl carbamates (subject to hydrolysis) is 1. The summed E-state index contributed by atoms with van der Waals surface area (Å²) in [4.78, 5) is 35.4. The number of carbonyl (C=O) groups excluding carboxylic acids is 3. The number of hydrogen-bond donors (Lipinski definition) is 1. The van der Waals surface area contributed by atoms with Crippen molar-refractivity contribution in [2.24, 2.45) is 11.8 Å². The number of carbonyl (C=O) groups is 3. The number of rotatable bonds is 3. The number of hydrogen-bond acceptors (Lipinski definition) is 6. The van der Waals surface area contributed by atoms with E-state index in [2.05, 4.69) is 5.32 Å². The van der Waals surface area contributed by atoms with Gasteiger partial charge in [0.2, 0.25) is 0 Å². The SMILES string of the molecule is COC(=O)C1CC(NC(=O)OC(C)(C)C)CC(C(=O)OC)C1. The Morgan fingerprint density at radius 3 is 1.73 bits per heavy atom. The van der Waals surface area contributed by atoms with E-state index < -0.39 is 23.5 Å². The molecule has 0 aromatic rings. The fourth-order valence-electron chi connectivity index (χ4n) is 2.63. The van der Waals surface area contributed by atoms with Crippen LogP contribution in [0.15, 0.2) is 0 Å². The van der Waals surface area contributed by atoms with E-state index >= 15 is 0 Å². The molecule has 0 saturated heterocycles. The zero-order valence-electron chi connectivity index (χ0n) is 13.8. The summed E-state index contributed by atoms with van der Waals surface area (Å²) in [7, 11) is 2.61. The Morgan fingerprint density at radius 2 is 1.36 bits per heavy atom. The summed E-state index contributed by atoms with van der Waals surface area (Å²) in [5.41, 5.74) is -0.609. The first-order valence-electron chi connectivity index (χ1n) is 7.31. The molecule has 0 aliphatic heterocycles. The van der Waals surface area contributed by atoms with Crippen molar-refractivity contribution < 1.29 is 28.6 Å². The molecule has 22 heavy (non-hydrogen) atoms. The van der Waals surface area contributed by atoms with Crippen LogP contribution in [0.1, 0.15) is 40.0 Å². The lowest BCUT2D eigenvalue weighted by molar-refractivity contribution is -0.152. The summed E-state index contributed by atoms with van der Waals surface area (Å²) in [6.07, 6.45) is 0.636. The molecular formula is C15H25NO6. The second kappa shape index (κ2) is 7.47. The summed E-state index contributed by atoms with van der Waals surface area (Å²) in [6.45, 7) is 5.30. The fourth-order valence-corrected chi connectivity index (χ4v) is 2.63. The molecule has 1 N–H and O–H groups in total. The van der Waals surface area contributed by atoms with Gasteiger partial charge in [0.15, 0.2) is 0 Å². The molecule has 0 aromatic heterocycles. The number of nitrogens with one attached hydrogen (secondary N) is 1. The van der Waals surface area contributed by atoms with E-state index in [1.807, 2.05) is 0 Å². The van der Waals surface area contributed by atoms with Gasteiger partial charge in [0.05, 0.1) is 26.1 Å². The quantitative estimate of drug-likeness (QED) is 0.629. The average molecular weight is 315 g/mol. The van der Waals surface area contributed by atoms with Crippen LogP contribution >= 0.6 is 0 Å². The van der Waals surface area contributed by atoms with E-state index in [1.165, 1.54) is 14.2 Å². The van der Waals surface area contributed by atoms with E-state index in [-0.39, 0.29) is 18.0 Å². The van der Waals surface area contributed by atoms with Gasteiger partial charge in [0, 0.05) is 6.04 Å². The molecule has 0 radical (unpaired) electrons. The van der Waals surface area contributed by atoms with Crippen LogP contribution in [-0.4, -0.2) is 43.9 Å². The summed E-state index contributed by atoms with van der Waals surface area (Å²) < 4.78 is 14.7. The Balaban J connectivity index is 2.73. The summed E-state index contributed by atoms with van der Waals surface area (Å²) in [5, 5.41) is 2.72. The van der Waals surface area contributed by atoms with Gasteiger partial charge in [-0.25, -0.2) is 4.79 Å². The molecule has 2 unspecified atom stereocenters. The number of ether oxygens (including phenoxy) is 3. The highest BCUT2D eigenvalue weighted by Gasteiger charge is 2.38. The average Bonchev–Trinajstić information content (AvgIpc) is 2.42. The molecule has 2 atom stereocenters. The van der Waals surface area contributed by atoms with Crippen molar-refractivity contribution in [3.05, 3.63) is 0 Å². The van der Waals surface area contributed by atoms with Gasteiger partial charge in [-0.05, 0) is 40.0 Å². The van der Waals surface area contributed by atoms with Gasteiger partial charge in [-0.2, -0.15) is 0 Å². The minimum atomic E-state index is -0.609. The molecule has 1 aliphatic carbocycles. The highest BCUT2D eigenvalue weighted by atomic mass is 16.6. The lowest BCUT2D eigenvalue weighted by Crippen LogP contribution is -2.46. The Morgan fingerprint density at radius 1 is 0.909 bits per heavy atom. The molecule has 1 aliphatic rings. The third-order valence-corrected chi connectivity index (χ3v) is 3.50. The van der Waals surface area contributed by atoms with Crippen molar-refractivity contribution in [2.75, 3.05) is 14.2 Å². The van der Waals surface area contributed by atoms with Crippen LogP contribution in [0, 0.1) is 11.8 Å². The zero-order valence-corrected chi connectivity index (χ0v) is 13.8. The lowest BCUT2D eigenvalue weighted by Gasteiger charge is -2.33. The standard InChI is InChI=1S/C15H25NO6/c1-15(2,3)22-14(19)16-11-7-9(12(17)20-4)6-10(8-11)13(18)21-5/h9-11H,6-8H2,1-5H3,(H,16,19). The molecule has 0 bridgehead atoms. The Hall–Kier alpha value is -1.79. The predicted molar refractivity (Wildman–Crippen MR) is 78.0 cm³/mol. The highest BCUT2D eigenvalue weighted by molar-refractivity contribution is 5.77. The molecule has 7 heteroatoms. The Kier molecular flexibility index (Phi) is 6.20. The van der Waals surface area contributed by atoms with Gasteiger partial charge in [-0.1, -0.05) is 0 Å². The second-order valence-corrected chi connectivity index (χ2v) is 6.49. The van der Waals surface area contributed by atoms with E-state index in [0.29, 0.717) is 19.3 Å². The number of amides is 1. The van der Waals surface area contributed by atoms with Crippen molar-refractivity contribution in [1.29, 1.82) is 0 Å². The van der Waals surface area contributed by atoms with Crippen LogP contribution in [0.3, 0.4) is 0 Å². The lowest BCUT2D eigenvalue weighted by atomic mass is 9.78. The van der Waals surface area contributed by atoms with Crippen molar-refractivity contribution >= 4 is 18.0 Å². The van der Waals surface area contributed by atoms with Crippen molar-refractivity contribution in [3.8, 4) is 0 Å². The third-order valence-electron chi connectivity index (χ3n) is 3.50. The van der Waals surface area contributed by atoms with E-state index in [1.54, 1.807) is 20.8 Å². The van der Waals surface area contributed by atoms with Crippen molar-refractivity contribution in [2.45, 2.75) is 51.7 Å². The Labute approximate surface area is 130 Å². The zero-order chi connectivity index (χ0) is 16.9. The van der Waals surface area contributed by atoms with Gasteiger partial charge < -0.3 is 19.5 Å². The van der Waals surface area contributed by atoms with Crippen molar-refractivity contribution in [1.82, 2.24) is 5.32 Å². The van der Waals surface area contributed by atoms with Gasteiger partial charge >= 0.3 is 18.0 Å². The maximum Gasteiger partial charge on any atom is 0.407 e. The molecule has 1 saturated carbocycles. The molecule has 0 spiro atoms. The van der Waals surface area contributed by atoms with Gasteiger partial charge in [-0.3, -0.25) is 9.59 Å². The van der Waals surface area contributed by atoms with Crippen LogP contribution in [0.4, 0.5) is 4.79 Å². The number of esters is 2. The first kappa shape index (κ1) is 18.3. The van der Waals surface area contributed by atoms with Gasteiger partial charge in [0.1, 0.15) is 5.60 Å². The molecule has 0 aromatic carbocycles. The van der Waals surface area contributed by atoms with Crippen LogP contribution in [0.25, 0.3) is 0 Å². The minimum Gasteiger partial charge on any atom is -0.469 e.